The standard InChI is InChI=1S/C87H170NO8P/c1-3-5-7-9-11-13-15-17-19-21-23-25-27-29-31-33-35-37-39-40-41-42-43-44-46-47-49-51-53-55-57-59-61-63-65-67-69-71-73-75-77-79-86(89)93-83-85(84-95-97(91,92)94-82-81-88)96-87(90)80-78-76-74-72-70-68-66-64-62-60-58-56-54-52-50-48-45-38-36-34-32-30-28-26-24-22-20-18-16-14-12-10-8-6-4-2/h16,18,22,24,85H,3-15,17,19-21,23,25-84,88H2,1-2H3,(H,91,92)/b18-16-,24-22-. The minimum atomic E-state index is -4.39. The van der Waals surface area contributed by atoms with Crippen LogP contribution < -0.4 is 5.73 Å². The highest BCUT2D eigenvalue weighted by atomic mass is 31.2. The van der Waals surface area contributed by atoms with Crippen LogP contribution >= 0.6 is 7.82 Å². The lowest BCUT2D eigenvalue weighted by molar-refractivity contribution is -0.161. The molecule has 0 radical (unpaired) electrons. The van der Waals surface area contributed by atoms with E-state index in [0.29, 0.717) is 6.42 Å². The first-order valence-corrected chi connectivity index (χ1v) is 45.3. The van der Waals surface area contributed by atoms with Crippen molar-refractivity contribution < 1.29 is 37.6 Å². The van der Waals surface area contributed by atoms with Gasteiger partial charge < -0.3 is 20.1 Å². The van der Waals surface area contributed by atoms with E-state index in [-0.39, 0.29) is 38.6 Å². The number of nitrogens with two attached hydrogens (primary N) is 1. The number of carbonyl (C=O) groups is 2. The fourth-order valence-corrected chi connectivity index (χ4v) is 14.6. The molecular formula is C87H170NO8P. The number of phosphoric acid groups is 1. The fraction of sp³-hybridized carbons (Fsp3) is 0.931. The number of rotatable bonds is 85. The van der Waals surface area contributed by atoms with Crippen LogP contribution in [0.1, 0.15) is 489 Å². The molecule has 0 spiro atoms. The Morgan fingerprint density at radius 2 is 0.536 bits per heavy atom. The molecule has 97 heavy (non-hydrogen) atoms. The highest BCUT2D eigenvalue weighted by Crippen LogP contribution is 2.43. The maximum Gasteiger partial charge on any atom is 0.472 e. The summed E-state index contributed by atoms with van der Waals surface area (Å²) >= 11 is 0. The number of hydrogen-bond donors (Lipinski definition) is 2. The van der Waals surface area contributed by atoms with Gasteiger partial charge in [0.1, 0.15) is 6.61 Å². The summed E-state index contributed by atoms with van der Waals surface area (Å²) < 4.78 is 33.3. The van der Waals surface area contributed by atoms with Gasteiger partial charge >= 0.3 is 19.8 Å². The third-order valence-corrected chi connectivity index (χ3v) is 21.3. The van der Waals surface area contributed by atoms with Gasteiger partial charge in [-0.3, -0.25) is 18.6 Å². The van der Waals surface area contributed by atoms with Crippen molar-refractivity contribution >= 4 is 19.8 Å². The zero-order valence-electron chi connectivity index (χ0n) is 65.4. The van der Waals surface area contributed by atoms with E-state index < -0.39 is 26.5 Å². The average molecular weight is 1390 g/mol. The molecule has 0 heterocycles. The molecule has 0 bridgehead atoms. The van der Waals surface area contributed by atoms with Gasteiger partial charge in [0.25, 0.3) is 0 Å². The highest BCUT2D eigenvalue weighted by Gasteiger charge is 2.26. The van der Waals surface area contributed by atoms with Crippen LogP contribution in [0, 0.1) is 0 Å². The van der Waals surface area contributed by atoms with E-state index in [2.05, 4.69) is 38.2 Å². The molecule has 9 nitrogen and oxygen atoms in total. The monoisotopic (exact) mass is 1390 g/mol. The van der Waals surface area contributed by atoms with Gasteiger partial charge in [-0.05, 0) is 44.9 Å². The molecule has 576 valence electrons. The first-order chi connectivity index (χ1) is 47.8. The lowest BCUT2D eigenvalue weighted by Gasteiger charge is -2.19. The summed E-state index contributed by atoms with van der Waals surface area (Å²) in [5.41, 5.74) is 5.42. The van der Waals surface area contributed by atoms with Crippen LogP contribution in [0.25, 0.3) is 0 Å². The van der Waals surface area contributed by atoms with Gasteiger partial charge in [-0.1, -0.05) is 456 Å². The van der Waals surface area contributed by atoms with Gasteiger partial charge in [0.15, 0.2) is 6.10 Å². The number of carbonyl (C=O) groups excluding carboxylic acids is 2. The zero-order valence-corrected chi connectivity index (χ0v) is 66.3. The maximum atomic E-state index is 12.8. The number of esters is 2. The summed E-state index contributed by atoms with van der Waals surface area (Å²) in [5.74, 6) is -0.796. The molecule has 0 aromatic heterocycles. The summed E-state index contributed by atoms with van der Waals surface area (Å²) in [4.78, 5) is 35.5. The van der Waals surface area contributed by atoms with Crippen LogP contribution in [0.5, 0.6) is 0 Å². The van der Waals surface area contributed by atoms with Gasteiger partial charge in [0, 0.05) is 19.4 Å². The lowest BCUT2D eigenvalue weighted by Crippen LogP contribution is -2.29. The van der Waals surface area contributed by atoms with Crippen molar-refractivity contribution in [3.8, 4) is 0 Å². The average Bonchev–Trinajstić information content (AvgIpc) is 2.69. The molecule has 0 saturated heterocycles. The van der Waals surface area contributed by atoms with Crippen molar-refractivity contribution in [3.05, 3.63) is 24.3 Å². The molecule has 2 unspecified atom stereocenters. The second-order valence-corrected chi connectivity index (χ2v) is 31.6. The van der Waals surface area contributed by atoms with E-state index in [1.807, 2.05) is 0 Å². The van der Waals surface area contributed by atoms with Gasteiger partial charge in [0.2, 0.25) is 0 Å². The van der Waals surface area contributed by atoms with Gasteiger partial charge in [-0.2, -0.15) is 0 Å². The molecule has 0 fully saturated rings. The van der Waals surface area contributed by atoms with Crippen LogP contribution in [-0.4, -0.2) is 49.3 Å². The quantitative estimate of drug-likeness (QED) is 0.0264. The Balaban J connectivity index is 3.69. The number of ether oxygens (including phenoxy) is 2. The smallest absolute Gasteiger partial charge is 0.462 e. The molecular weight excluding hydrogens is 1220 g/mol. The Morgan fingerprint density at radius 1 is 0.309 bits per heavy atom. The number of allylic oxidation sites excluding steroid dienone is 4. The van der Waals surface area contributed by atoms with Gasteiger partial charge in [-0.15, -0.1) is 0 Å². The Hall–Kier alpha value is -1.51. The van der Waals surface area contributed by atoms with Crippen molar-refractivity contribution in [1.82, 2.24) is 0 Å². The van der Waals surface area contributed by atoms with Crippen LogP contribution in [-0.2, 0) is 32.7 Å². The van der Waals surface area contributed by atoms with Crippen molar-refractivity contribution in [3.63, 3.8) is 0 Å². The van der Waals surface area contributed by atoms with E-state index in [1.54, 1.807) is 0 Å². The Kier molecular flexibility index (Phi) is 82.1. The topological polar surface area (TPSA) is 134 Å². The van der Waals surface area contributed by atoms with E-state index in [0.717, 1.165) is 38.5 Å². The predicted molar refractivity (Wildman–Crippen MR) is 423 cm³/mol. The molecule has 2 atom stereocenters. The second kappa shape index (κ2) is 83.4. The van der Waals surface area contributed by atoms with Crippen molar-refractivity contribution in [1.29, 1.82) is 0 Å². The molecule has 10 heteroatoms. The molecule has 0 aliphatic rings. The summed E-state index contributed by atoms with van der Waals surface area (Å²) in [6, 6.07) is 0. The van der Waals surface area contributed by atoms with E-state index in [4.69, 9.17) is 24.3 Å². The van der Waals surface area contributed by atoms with Gasteiger partial charge in [0.05, 0.1) is 13.2 Å². The Morgan fingerprint density at radius 3 is 0.784 bits per heavy atom. The largest absolute Gasteiger partial charge is 0.472 e. The van der Waals surface area contributed by atoms with Crippen LogP contribution in [0.4, 0.5) is 0 Å². The molecule has 0 saturated carbocycles. The molecule has 3 N–H and O–H groups in total. The minimum absolute atomic E-state index is 0.0576. The van der Waals surface area contributed by atoms with Crippen molar-refractivity contribution in [2.75, 3.05) is 26.4 Å². The van der Waals surface area contributed by atoms with E-state index in [9.17, 15) is 19.0 Å². The molecule has 0 amide bonds. The number of unbranched alkanes of at least 4 members (excludes halogenated alkanes) is 68. The Labute approximate surface area is 605 Å². The zero-order chi connectivity index (χ0) is 70.0. The summed E-state index contributed by atoms with van der Waals surface area (Å²) in [6.07, 6.45) is 107. The SMILES string of the molecule is CCCCCCC/C=C\C/C=C\CCCCCCCCCCCCCCCCCCCCCCCCCC(=O)OC(COC(=O)CCCCCCCCCCCCCCCCCCCCCCCCCCCCCCCCCCCCCCCCCCC)COP(=O)(O)OCCN. The fourth-order valence-electron chi connectivity index (χ4n) is 13.9. The summed E-state index contributed by atoms with van der Waals surface area (Å²) in [7, 11) is -4.39. The minimum Gasteiger partial charge on any atom is -0.462 e. The van der Waals surface area contributed by atoms with E-state index in [1.165, 1.54) is 417 Å². The number of hydrogen-bond acceptors (Lipinski definition) is 8. The van der Waals surface area contributed by atoms with Gasteiger partial charge in [-0.25, -0.2) is 4.57 Å². The highest BCUT2D eigenvalue weighted by molar-refractivity contribution is 7.47. The van der Waals surface area contributed by atoms with E-state index >= 15 is 0 Å². The van der Waals surface area contributed by atoms with Crippen LogP contribution in [0.2, 0.25) is 0 Å². The third-order valence-electron chi connectivity index (χ3n) is 20.3. The molecule has 0 aliphatic carbocycles. The second-order valence-electron chi connectivity index (χ2n) is 30.1. The molecule has 0 aliphatic heterocycles. The predicted octanol–water partition coefficient (Wildman–Crippen LogP) is 29.6. The lowest BCUT2D eigenvalue weighted by atomic mass is 10.0. The first-order valence-electron chi connectivity index (χ1n) is 43.8. The summed E-state index contributed by atoms with van der Waals surface area (Å²) in [6.45, 7) is 3.84. The normalized spacial score (nSPS) is 12.8. The molecule has 0 aromatic carbocycles. The summed E-state index contributed by atoms with van der Waals surface area (Å²) in [5, 5.41) is 0. The van der Waals surface area contributed by atoms with Crippen molar-refractivity contribution in [2.45, 2.75) is 495 Å². The number of phosphoric ester groups is 1. The Bertz CT molecular complexity index is 1640. The third kappa shape index (κ3) is 83.3. The van der Waals surface area contributed by atoms with Crippen LogP contribution in [0.15, 0.2) is 24.3 Å². The first kappa shape index (κ1) is 95.5. The van der Waals surface area contributed by atoms with Crippen molar-refractivity contribution in [2.24, 2.45) is 5.73 Å². The van der Waals surface area contributed by atoms with Crippen LogP contribution in [0.3, 0.4) is 0 Å². The molecule has 0 aromatic rings. The maximum absolute atomic E-state index is 12.8. The molecule has 0 rings (SSSR count).